The first kappa shape index (κ1) is 41.6. The standard InChI is InChI=1S/C21H39N7O12.3ClH/c1-5-21(36,4-30)16(40-17-9(26-2)13(34)10(31)6(3-29)38-17)18(37-5)39-15-8(28-20(24)25)11(32)7(27-19(22)23)12(33)14(15)35;;;/h4-18,26,29,31-36H,3H2,1-2H3,(H4,22,23,27)(H4,24,25,28);3*1H/t5-,6-,7+,8-,9-,10-,11-,12-,13-,14+,15+,16-,17-,18+,21+;;;/m0.../s1. The van der Waals surface area contributed by atoms with Crippen molar-refractivity contribution >= 4 is 55.4 Å². The minimum atomic E-state index is -2.38. The van der Waals surface area contributed by atoms with Crippen LogP contribution in [0.3, 0.4) is 0 Å². The monoisotopic (exact) mass is 689 g/mol. The Hall–Kier alpha value is -1.40. The van der Waals surface area contributed by atoms with Crippen LogP contribution in [0, 0.1) is 0 Å². The largest absolute Gasteiger partial charge is 0.394 e. The van der Waals surface area contributed by atoms with E-state index < -0.39 is 110 Å². The summed E-state index contributed by atoms with van der Waals surface area (Å²) in [7, 11) is 1.42. The number of hydrogen-bond acceptors (Lipinski definition) is 15. The average Bonchev–Trinajstić information content (AvgIpc) is 3.13. The Morgan fingerprint density at radius 3 is 1.91 bits per heavy atom. The number of guanidine groups is 2. The number of likely N-dealkylation sites (N-methyl/N-ethyl adjacent to an activating group) is 1. The Morgan fingerprint density at radius 1 is 0.860 bits per heavy atom. The molecular weight excluding hydrogens is 649 g/mol. The molecule has 1 saturated carbocycles. The predicted octanol–water partition coefficient (Wildman–Crippen LogP) is -6.90. The molecule has 0 aromatic rings. The molecule has 0 amide bonds. The number of aliphatic hydroxyl groups excluding tert-OH is 6. The topological polar surface area (TPSA) is 336 Å². The van der Waals surface area contributed by atoms with Crippen molar-refractivity contribution in [2.75, 3.05) is 13.7 Å². The Morgan fingerprint density at radius 2 is 1.42 bits per heavy atom. The molecule has 1 aliphatic carbocycles. The van der Waals surface area contributed by atoms with Crippen molar-refractivity contribution < 1.29 is 59.5 Å². The second-order valence-corrected chi connectivity index (χ2v) is 9.89. The van der Waals surface area contributed by atoms with Crippen LogP contribution >= 0.6 is 37.2 Å². The van der Waals surface area contributed by atoms with Crippen LogP contribution in [-0.4, -0.2) is 159 Å². The van der Waals surface area contributed by atoms with Gasteiger partial charge in [0.1, 0.15) is 60.9 Å². The maximum Gasteiger partial charge on any atom is 0.188 e. The van der Waals surface area contributed by atoms with Crippen molar-refractivity contribution in [2.45, 2.75) is 98.2 Å². The minimum absolute atomic E-state index is 0. The molecule has 0 spiro atoms. The molecule has 0 unspecified atom stereocenters. The molecule has 254 valence electrons. The van der Waals surface area contributed by atoms with Gasteiger partial charge in [-0.2, -0.15) is 0 Å². The lowest BCUT2D eigenvalue weighted by Gasteiger charge is -2.45. The molecule has 3 aliphatic rings. The molecule has 15 atom stereocenters. The number of nitrogens with one attached hydrogen (secondary N) is 1. The van der Waals surface area contributed by atoms with Gasteiger partial charge in [-0.3, -0.25) is 4.79 Å². The van der Waals surface area contributed by atoms with E-state index in [1.807, 2.05) is 0 Å². The summed E-state index contributed by atoms with van der Waals surface area (Å²) in [5.41, 5.74) is 19.4. The fourth-order valence-corrected chi connectivity index (χ4v) is 5.08. The van der Waals surface area contributed by atoms with Gasteiger partial charge in [0.25, 0.3) is 0 Å². The van der Waals surface area contributed by atoms with Gasteiger partial charge in [0.15, 0.2) is 36.4 Å². The summed E-state index contributed by atoms with van der Waals surface area (Å²) in [6.07, 6.45) is -17.3. The lowest BCUT2D eigenvalue weighted by atomic mass is 9.81. The van der Waals surface area contributed by atoms with E-state index >= 15 is 0 Å². The van der Waals surface area contributed by atoms with E-state index in [0.29, 0.717) is 0 Å². The van der Waals surface area contributed by atoms with Crippen LogP contribution in [0.1, 0.15) is 6.92 Å². The smallest absolute Gasteiger partial charge is 0.188 e. The Labute approximate surface area is 264 Å². The zero-order chi connectivity index (χ0) is 30.1. The minimum Gasteiger partial charge on any atom is -0.394 e. The molecule has 43 heavy (non-hydrogen) atoms. The number of carbonyl (C=O) groups is 1. The van der Waals surface area contributed by atoms with Crippen molar-refractivity contribution in [3.63, 3.8) is 0 Å². The molecule has 0 aromatic heterocycles. The Balaban J connectivity index is 0.00000588. The number of halogens is 3. The van der Waals surface area contributed by atoms with E-state index in [1.54, 1.807) is 0 Å². The fraction of sp³-hybridized carbons (Fsp3) is 0.857. The number of aldehydes is 1. The number of aliphatic imine (C=N–C) groups is 2. The van der Waals surface area contributed by atoms with Gasteiger partial charge in [-0.05, 0) is 14.0 Å². The maximum absolute atomic E-state index is 12.1. The summed E-state index contributed by atoms with van der Waals surface area (Å²) in [4.78, 5) is 19.7. The van der Waals surface area contributed by atoms with E-state index in [0.717, 1.165) is 0 Å². The zero-order valence-corrected chi connectivity index (χ0v) is 25.4. The SMILES string of the molecule is CN[C@@H]1[C@H](O[C@H]2[C@@H](O[C@H]3[C@H](O)[C@@H](O)[C@H](N=C(N)N)[C@H](O)[C@@H]3N=C(N)N)O[C@@H](C)[C@]2(O)C=O)O[C@@H](CO)[C@H](O)[C@H]1O.Cl.Cl.Cl. The average molecular weight is 691 g/mol. The van der Waals surface area contributed by atoms with Crippen LogP contribution in [0.2, 0.25) is 0 Å². The first-order chi connectivity index (χ1) is 18.7. The second-order valence-electron chi connectivity index (χ2n) is 9.89. The number of hydrogen-bond donors (Lipinski definition) is 12. The lowest BCUT2D eigenvalue weighted by Crippen LogP contribution is -2.66. The normalized spacial score (nSPS) is 44.1. The Kier molecular flexibility index (Phi) is 16.2. The fourth-order valence-electron chi connectivity index (χ4n) is 5.08. The second kappa shape index (κ2) is 16.8. The molecule has 16 N–H and O–H groups in total. The van der Waals surface area contributed by atoms with Crippen LogP contribution in [0.4, 0.5) is 0 Å². The van der Waals surface area contributed by atoms with Gasteiger partial charge in [-0.25, -0.2) is 9.98 Å². The third-order valence-electron chi connectivity index (χ3n) is 7.34. The van der Waals surface area contributed by atoms with E-state index in [9.17, 15) is 40.5 Å². The van der Waals surface area contributed by atoms with Crippen LogP contribution in [0.25, 0.3) is 0 Å². The van der Waals surface area contributed by atoms with Gasteiger partial charge in [-0.15, -0.1) is 37.2 Å². The van der Waals surface area contributed by atoms with Gasteiger partial charge >= 0.3 is 0 Å². The van der Waals surface area contributed by atoms with E-state index in [2.05, 4.69) is 15.3 Å². The third-order valence-corrected chi connectivity index (χ3v) is 7.34. The summed E-state index contributed by atoms with van der Waals surface area (Å²) >= 11 is 0. The summed E-state index contributed by atoms with van der Waals surface area (Å²) in [6, 6.07) is -4.08. The van der Waals surface area contributed by atoms with Crippen molar-refractivity contribution in [1.82, 2.24) is 5.32 Å². The summed E-state index contributed by atoms with van der Waals surface area (Å²) in [6.45, 7) is 0.620. The van der Waals surface area contributed by atoms with Crippen LogP contribution in [-0.2, 0) is 23.7 Å². The van der Waals surface area contributed by atoms with Gasteiger partial charge in [-0.1, -0.05) is 0 Å². The van der Waals surface area contributed by atoms with Gasteiger partial charge < -0.3 is 82.9 Å². The number of carbonyl (C=O) groups excluding carboxylic acids is 1. The first-order valence-corrected chi connectivity index (χ1v) is 12.4. The van der Waals surface area contributed by atoms with Crippen LogP contribution in [0.5, 0.6) is 0 Å². The highest BCUT2D eigenvalue weighted by Gasteiger charge is 2.60. The molecule has 0 bridgehead atoms. The first-order valence-electron chi connectivity index (χ1n) is 12.4. The number of rotatable bonds is 9. The summed E-state index contributed by atoms with van der Waals surface area (Å²) in [5.74, 6) is -1.03. The summed E-state index contributed by atoms with van der Waals surface area (Å²) in [5, 5.41) is 76.6. The van der Waals surface area contributed by atoms with E-state index in [-0.39, 0.29) is 43.5 Å². The number of aliphatic hydroxyl groups is 7. The summed E-state index contributed by atoms with van der Waals surface area (Å²) < 4.78 is 22.9. The highest BCUT2D eigenvalue weighted by molar-refractivity contribution is 5.86. The van der Waals surface area contributed by atoms with Gasteiger partial charge in [0.2, 0.25) is 0 Å². The highest BCUT2D eigenvalue weighted by atomic mass is 35.5. The zero-order valence-electron chi connectivity index (χ0n) is 23.0. The van der Waals surface area contributed by atoms with Crippen LogP contribution in [0.15, 0.2) is 9.98 Å². The van der Waals surface area contributed by atoms with Crippen molar-refractivity contribution in [3.05, 3.63) is 0 Å². The number of ether oxygens (including phenoxy) is 4. The number of nitrogens with two attached hydrogens (primary N) is 4. The highest BCUT2D eigenvalue weighted by Crippen LogP contribution is 2.38. The molecule has 2 saturated heterocycles. The maximum atomic E-state index is 12.1. The van der Waals surface area contributed by atoms with Crippen molar-refractivity contribution in [3.8, 4) is 0 Å². The molecule has 19 nitrogen and oxygen atoms in total. The molecule has 3 rings (SSSR count). The molecule has 2 aliphatic heterocycles. The molecule has 3 fully saturated rings. The van der Waals surface area contributed by atoms with Crippen LogP contribution < -0.4 is 28.3 Å². The van der Waals surface area contributed by atoms with Gasteiger partial charge in [0.05, 0.1) is 18.8 Å². The third kappa shape index (κ3) is 8.26. The number of nitrogens with zero attached hydrogens (tertiary/aromatic N) is 2. The molecule has 22 heteroatoms. The predicted molar refractivity (Wildman–Crippen MR) is 155 cm³/mol. The van der Waals surface area contributed by atoms with Crippen molar-refractivity contribution in [1.29, 1.82) is 0 Å². The van der Waals surface area contributed by atoms with Gasteiger partial charge in [0, 0.05) is 0 Å². The molecular formula is C21H42Cl3N7O12. The van der Waals surface area contributed by atoms with Crippen molar-refractivity contribution in [2.24, 2.45) is 32.9 Å². The molecule has 0 radical (unpaired) electrons. The Bertz CT molecular complexity index is 955. The lowest BCUT2D eigenvalue weighted by molar-refractivity contribution is -0.314. The van der Waals surface area contributed by atoms with E-state index in [4.69, 9.17) is 41.9 Å². The quantitative estimate of drug-likeness (QED) is 0.0607. The van der Waals surface area contributed by atoms with E-state index in [1.165, 1.54) is 14.0 Å². The molecule has 0 aromatic carbocycles. The molecule has 2 heterocycles.